The van der Waals surface area contributed by atoms with Gasteiger partial charge in [-0.25, -0.2) is 12.7 Å². The fraction of sp³-hybridized carbons (Fsp3) is 0.300. The van der Waals surface area contributed by atoms with Crippen molar-refractivity contribution in [3.8, 4) is 0 Å². The molecule has 6 nitrogen and oxygen atoms in total. The molecule has 0 bridgehead atoms. The van der Waals surface area contributed by atoms with Gasteiger partial charge in [0.2, 0.25) is 15.9 Å². The van der Waals surface area contributed by atoms with Gasteiger partial charge >= 0.3 is 0 Å². The third kappa shape index (κ3) is 4.05. The van der Waals surface area contributed by atoms with E-state index in [9.17, 15) is 18.0 Å². The Morgan fingerprint density at radius 3 is 2.29 bits per heavy atom. The number of nitrogens with one attached hydrogen (secondary N) is 1. The van der Waals surface area contributed by atoms with E-state index >= 15 is 0 Å². The van der Waals surface area contributed by atoms with Gasteiger partial charge in [-0.2, -0.15) is 0 Å². The number of hydrogen-bond acceptors (Lipinski definition) is 4. The minimum atomic E-state index is -3.71. The molecule has 2 aromatic carbocycles. The van der Waals surface area contributed by atoms with Crippen LogP contribution in [0.1, 0.15) is 43.1 Å². The summed E-state index contributed by atoms with van der Waals surface area (Å²) < 4.78 is 25.0. The van der Waals surface area contributed by atoms with Gasteiger partial charge in [0.05, 0.1) is 22.0 Å². The van der Waals surface area contributed by atoms with Gasteiger partial charge in [-0.1, -0.05) is 44.5 Å². The third-order valence-electron chi connectivity index (χ3n) is 4.52. The lowest BCUT2D eigenvalue weighted by molar-refractivity contribution is -0.116. The van der Waals surface area contributed by atoms with Crippen molar-refractivity contribution < 1.29 is 18.0 Å². The van der Waals surface area contributed by atoms with Gasteiger partial charge in [-0.3, -0.25) is 9.59 Å². The number of carbonyl (C=O) groups excluding carboxylic acids is 2. The largest absolute Gasteiger partial charge is 0.322 e. The molecule has 1 aliphatic heterocycles. The van der Waals surface area contributed by atoms with Crippen LogP contribution in [0.3, 0.4) is 0 Å². The molecule has 8 heteroatoms. The average molecular weight is 421 g/mol. The van der Waals surface area contributed by atoms with Gasteiger partial charge in [0, 0.05) is 12.1 Å². The maximum absolute atomic E-state index is 12.7. The maximum Gasteiger partial charge on any atom is 0.257 e. The Balaban J connectivity index is 1.87. The quantitative estimate of drug-likeness (QED) is 0.814. The number of amides is 2. The lowest BCUT2D eigenvalue weighted by atomic mass is 9.87. The predicted octanol–water partition coefficient (Wildman–Crippen LogP) is 3.96. The van der Waals surface area contributed by atoms with E-state index < -0.39 is 21.8 Å². The van der Waals surface area contributed by atoms with E-state index in [0.29, 0.717) is 5.69 Å². The molecule has 1 aliphatic rings. The molecule has 0 aliphatic carbocycles. The van der Waals surface area contributed by atoms with Crippen LogP contribution in [-0.2, 0) is 20.2 Å². The molecule has 28 heavy (non-hydrogen) atoms. The van der Waals surface area contributed by atoms with Crippen LogP contribution in [0.25, 0.3) is 0 Å². The number of hydrogen-bond donors (Lipinski definition) is 1. The summed E-state index contributed by atoms with van der Waals surface area (Å²) in [6.45, 7) is 6.29. The van der Waals surface area contributed by atoms with Crippen LogP contribution in [0, 0.1) is 0 Å². The van der Waals surface area contributed by atoms with Crippen molar-refractivity contribution in [1.82, 2.24) is 0 Å². The normalized spacial score (nSPS) is 16.3. The summed E-state index contributed by atoms with van der Waals surface area (Å²) in [5, 5.41) is 2.91. The minimum absolute atomic E-state index is 0.00602. The zero-order valence-electron chi connectivity index (χ0n) is 15.8. The number of halogens is 1. The first-order valence-electron chi connectivity index (χ1n) is 8.76. The van der Waals surface area contributed by atoms with Crippen LogP contribution in [-0.4, -0.2) is 26.0 Å². The van der Waals surface area contributed by atoms with Crippen LogP contribution >= 0.6 is 11.6 Å². The predicted molar refractivity (Wildman–Crippen MR) is 110 cm³/mol. The van der Waals surface area contributed by atoms with Crippen LogP contribution in [0.5, 0.6) is 0 Å². The second-order valence-electron chi connectivity index (χ2n) is 7.67. The van der Waals surface area contributed by atoms with E-state index in [-0.39, 0.29) is 33.9 Å². The Bertz CT molecular complexity index is 1040. The molecule has 2 aromatic rings. The highest BCUT2D eigenvalue weighted by Gasteiger charge is 2.36. The van der Waals surface area contributed by atoms with Crippen LogP contribution in [0.4, 0.5) is 11.4 Å². The van der Waals surface area contributed by atoms with Gasteiger partial charge in [-0.15, -0.1) is 0 Å². The summed E-state index contributed by atoms with van der Waals surface area (Å²) in [5.74, 6) is -1.25. The highest BCUT2D eigenvalue weighted by Crippen LogP contribution is 2.30. The van der Waals surface area contributed by atoms with Crippen molar-refractivity contribution in [1.29, 1.82) is 0 Å². The molecule has 0 unspecified atom stereocenters. The highest BCUT2D eigenvalue weighted by molar-refractivity contribution is 7.94. The van der Waals surface area contributed by atoms with E-state index in [1.165, 1.54) is 18.2 Å². The number of carbonyl (C=O) groups is 2. The molecule has 0 spiro atoms. The molecule has 2 amide bonds. The fourth-order valence-electron chi connectivity index (χ4n) is 2.93. The van der Waals surface area contributed by atoms with Crippen molar-refractivity contribution in [3.05, 3.63) is 58.6 Å². The zero-order chi connectivity index (χ0) is 20.7. The molecule has 1 saturated heterocycles. The Morgan fingerprint density at radius 2 is 1.75 bits per heavy atom. The standard InChI is InChI=1S/C20H21ClN2O4S/c1-20(2,3)13-4-6-14(7-5-13)22-19(25)16-12-15(8-9-17(16)21)23-18(24)10-11-28(23,26)27/h4-9,12H,10-11H2,1-3H3,(H,22,25). The molecule has 148 valence electrons. The molecule has 3 rings (SSSR count). The summed E-state index contributed by atoms with van der Waals surface area (Å²) in [5.41, 5.74) is 1.91. The number of benzene rings is 2. The second-order valence-corrected chi connectivity index (χ2v) is 10.0. The smallest absolute Gasteiger partial charge is 0.257 e. The van der Waals surface area contributed by atoms with E-state index in [0.717, 1.165) is 9.87 Å². The molecule has 1 fully saturated rings. The summed E-state index contributed by atoms with van der Waals surface area (Å²) in [7, 11) is -3.71. The van der Waals surface area contributed by atoms with Crippen molar-refractivity contribution in [3.63, 3.8) is 0 Å². The summed E-state index contributed by atoms with van der Waals surface area (Å²) >= 11 is 6.14. The molecule has 1 heterocycles. The van der Waals surface area contributed by atoms with Crippen molar-refractivity contribution in [2.75, 3.05) is 15.4 Å². The molecular formula is C20H21ClN2O4S. The summed E-state index contributed by atoms with van der Waals surface area (Å²) in [6.07, 6.45) is -0.0768. The Kier molecular flexibility index (Phi) is 5.25. The molecule has 0 radical (unpaired) electrons. The molecular weight excluding hydrogens is 400 g/mol. The van der Waals surface area contributed by atoms with E-state index in [1.807, 2.05) is 12.1 Å². The van der Waals surface area contributed by atoms with Crippen LogP contribution in [0.2, 0.25) is 5.02 Å². The van der Waals surface area contributed by atoms with Gasteiger partial charge in [0.15, 0.2) is 0 Å². The van der Waals surface area contributed by atoms with Gasteiger partial charge < -0.3 is 5.32 Å². The number of sulfonamides is 1. The third-order valence-corrected chi connectivity index (χ3v) is 6.54. The summed E-state index contributed by atoms with van der Waals surface area (Å²) in [4.78, 5) is 24.7. The van der Waals surface area contributed by atoms with Gasteiger partial charge in [-0.05, 0) is 41.3 Å². The average Bonchev–Trinajstić information content (AvgIpc) is 2.88. The van der Waals surface area contributed by atoms with Crippen molar-refractivity contribution >= 4 is 44.8 Å². The molecule has 0 atom stereocenters. The first-order valence-corrected chi connectivity index (χ1v) is 10.7. The van der Waals surface area contributed by atoms with E-state index in [1.54, 1.807) is 12.1 Å². The van der Waals surface area contributed by atoms with E-state index in [4.69, 9.17) is 11.6 Å². The van der Waals surface area contributed by atoms with Gasteiger partial charge in [0.25, 0.3) is 5.91 Å². The fourth-order valence-corrected chi connectivity index (χ4v) is 4.59. The molecule has 0 aromatic heterocycles. The first kappa shape index (κ1) is 20.4. The van der Waals surface area contributed by atoms with Gasteiger partial charge in [0.1, 0.15) is 0 Å². The Hall–Kier alpha value is -2.38. The first-order chi connectivity index (χ1) is 13.0. The van der Waals surface area contributed by atoms with Crippen molar-refractivity contribution in [2.24, 2.45) is 0 Å². The zero-order valence-corrected chi connectivity index (χ0v) is 17.4. The number of rotatable bonds is 3. The molecule has 0 saturated carbocycles. The number of nitrogens with zero attached hydrogens (tertiary/aromatic N) is 1. The lowest BCUT2D eigenvalue weighted by Crippen LogP contribution is -2.29. The Labute approximate surface area is 169 Å². The van der Waals surface area contributed by atoms with E-state index in [2.05, 4.69) is 26.1 Å². The second kappa shape index (κ2) is 7.22. The molecule has 1 N–H and O–H groups in total. The topological polar surface area (TPSA) is 83.6 Å². The monoisotopic (exact) mass is 420 g/mol. The maximum atomic E-state index is 12.7. The number of anilines is 2. The van der Waals surface area contributed by atoms with Crippen LogP contribution in [0.15, 0.2) is 42.5 Å². The minimum Gasteiger partial charge on any atom is -0.322 e. The SMILES string of the molecule is CC(C)(C)c1ccc(NC(=O)c2cc(N3C(=O)CCS3(=O)=O)ccc2Cl)cc1. The van der Waals surface area contributed by atoms with Crippen molar-refractivity contribution in [2.45, 2.75) is 32.6 Å². The Morgan fingerprint density at radius 1 is 1.11 bits per heavy atom. The van der Waals surface area contributed by atoms with Crippen LogP contribution < -0.4 is 9.62 Å². The highest BCUT2D eigenvalue weighted by atomic mass is 35.5. The summed E-state index contributed by atoms with van der Waals surface area (Å²) in [6, 6.07) is 11.6. The lowest BCUT2D eigenvalue weighted by Gasteiger charge is -2.19.